The van der Waals surface area contributed by atoms with Gasteiger partial charge >= 0.3 is 0 Å². The summed E-state index contributed by atoms with van der Waals surface area (Å²) in [5.74, 6) is 0. The first-order valence-electron chi connectivity index (χ1n) is 5.13. The van der Waals surface area contributed by atoms with Gasteiger partial charge in [0.2, 0.25) is 0 Å². The van der Waals surface area contributed by atoms with E-state index in [2.05, 4.69) is 0 Å². The van der Waals surface area contributed by atoms with Crippen molar-refractivity contribution in [2.45, 2.75) is 32.8 Å². The molecule has 0 bridgehead atoms. The molecule has 5 N–H and O–H groups in total. The van der Waals surface area contributed by atoms with E-state index in [1.54, 1.807) is 6.92 Å². The largest absolute Gasteiger partial charge is 0.396 e. The zero-order valence-electron chi connectivity index (χ0n) is 9.56. The highest BCUT2D eigenvalue weighted by atomic mass is 16.3. The van der Waals surface area contributed by atoms with Crippen LogP contribution in [-0.2, 0) is 0 Å². The Morgan fingerprint density at radius 1 is 1.00 bits per heavy atom. The van der Waals surface area contributed by atoms with Crippen LogP contribution in [0.1, 0.15) is 26.7 Å². The molecule has 5 nitrogen and oxygen atoms in total. The molecule has 5 heteroatoms. The predicted octanol–water partition coefficient (Wildman–Crippen LogP) is -0.891. The van der Waals surface area contributed by atoms with Gasteiger partial charge in [0.1, 0.15) is 0 Å². The predicted molar refractivity (Wildman–Crippen MR) is 57.4 cm³/mol. The van der Waals surface area contributed by atoms with Gasteiger partial charge in [-0.1, -0.05) is 6.92 Å². The molecule has 0 spiro atoms. The van der Waals surface area contributed by atoms with Crippen LogP contribution in [0.25, 0.3) is 0 Å². The SMILES string of the molecule is CC(O)CCO.CCC(CO)(CO)CO. The summed E-state index contributed by atoms with van der Waals surface area (Å²) < 4.78 is 0. The number of hydrogen-bond acceptors (Lipinski definition) is 5. The van der Waals surface area contributed by atoms with Crippen LogP contribution in [0.15, 0.2) is 0 Å². The fraction of sp³-hybridized carbons (Fsp3) is 1.00. The first-order chi connectivity index (χ1) is 7.01. The first kappa shape index (κ1) is 17.2. The van der Waals surface area contributed by atoms with Crippen molar-refractivity contribution in [2.24, 2.45) is 5.41 Å². The first-order valence-corrected chi connectivity index (χ1v) is 5.13. The Morgan fingerprint density at radius 2 is 1.40 bits per heavy atom. The van der Waals surface area contributed by atoms with Gasteiger partial charge in [-0.25, -0.2) is 0 Å². The van der Waals surface area contributed by atoms with Crippen LogP contribution in [0.5, 0.6) is 0 Å². The molecule has 0 saturated heterocycles. The van der Waals surface area contributed by atoms with Crippen LogP contribution in [0.3, 0.4) is 0 Å². The van der Waals surface area contributed by atoms with Gasteiger partial charge in [-0.15, -0.1) is 0 Å². The van der Waals surface area contributed by atoms with Crippen LogP contribution in [0.4, 0.5) is 0 Å². The van der Waals surface area contributed by atoms with Crippen molar-refractivity contribution in [1.29, 1.82) is 0 Å². The van der Waals surface area contributed by atoms with Crippen LogP contribution in [0.2, 0.25) is 0 Å². The summed E-state index contributed by atoms with van der Waals surface area (Å²) in [6.07, 6.45) is 0.728. The minimum absolute atomic E-state index is 0.0810. The maximum atomic E-state index is 8.66. The molecule has 1 atom stereocenters. The average Bonchev–Trinajstić information content (AvgIpc) is 2.23. The van der Waals surface area contributed by atoms with E-state index in [1.165, 1.54) is 0 Å². The Hall–Kier alpha value is -0.200. The van der Waals surface area contributed by atoms with Crippen molar-refractivity contribution in [3.05, 3.63) is 0 Å². The summed E-state index contributed by atoms with van der Waals surface area (Å²) in [4.78, 5) is 0. The van der Waals surface area contributed by atoms with Gasteiger partial charge < -0.3 is 25.5 Å². The molecule has 94 valence electrons. The lowest BCUT2D eigenvalue weighted by Gasteiger charge is -2.24. The normalized spacial score (nSPS) is 13.0. The van der Waals surface area contributed by atoms with E-state index in [9.17, 15) is 0 Å². The maximum absolute atomic E-state index is 8.66. The van der Waals surface area contributed by atoms with Crippen molar-refractivity contribution >= 4 is 0 Å². The highest BCUT2D eigenvalue weighted by Gasteiger charge is 2.24. The number of aliphatic hydroxyl groups is 5. The zero-order chi connectivity index (χ0) is 12.3. The molecule has 0 heterocycles. The lowest BCUT2D eigenvalue weighted by atomic mass is 9.88. The van der Waals surface area contributed by atoms with Crippen LogP contribution in [0, 0.1) is 5.41 Å². The fourth-order valence-electron chi connectivity index (χ4n) is 0.672. The van der Waals surface area contributed by atoms with Crippen molar-refractivity contribution in [3.63, 3.8) is 0 Å². The van der Waals surface area contributed by atoms with Crippen LogP contribution >= 0.6 is 0 Å². The van der Waals surface area contributed by atoms with Crippen molar-refractivity contribution < 1.29 is 25.5 Å². The summed E-state index contributed by atoms with van der Waals surface area (Å²) in [6.45, 7) is 3.08. The number of rotatable bonds is 6. The zero-order valence-corrected chi connectivity index (χ0v) is 9.56. The molecule has 15 heavy (non-hydrogen) atoms. The Morgan fingerprint density at radius 3 is 1.40 bits per heavy atom. The molecule has 0 aromatic rings. The summed E-state index contributed by atoms with van der Waals surface area (Å²) in [5.41, 5.74) is -0.667. The van der Waals surface area contributed by atoms with Gasteiger partial charge in [0.05, 0.1) is 25.9 Å². The minimum atomic E-state index is -0.667. The van der Waals surface area contributed by atoms with Gasteiger partial charge in [-0.05, 0) is 19.8 Å². The van der Waals surface area contributed by atoms with Gasteiger partial charge in [0.15, 0.2) is 0 Å². The molecule has 0 saturated carbocycles. The van der Waals surface area contributed by atoms with E-state index >= 15 is 0 Å². The smallest absolute Gasteiger partial charge is 0.0533 e. The van der Waals surface area contributed by atoms with Crippen molar-refractivity contribution in [3.8, 4) is 0 Å². The molecule has 0 aliphatic heterocycles. The van der Waals surface area contributed by atoms with E-state index in [1.807, 2.05) is 6.92 Å². The average molecular weight is 224 g/mol. The third kappa shape index (κ3) is 8.77. The van der Waals surface area contributed by atoms with E-state index in [0.717, 1.165) is 0 Å². The molecule has 0 amide bonds. The molecular formula is C10H24O5. The summed E-state index contributed by atoms with van der Waals surface area (Å²) in [6, 6.07) is 0. The molecule has 1 unspecified atom stereocenters. The number of hydrogen-bond donors (Lipinski definition) is 5. The van der Waals surface area contributed by atoms with Crippen LogP contribution in [-0.4, -0.2) is 58.1 Å². The van der Waals surface area contributed by atoms with Gasteiger partial charge in [-0.2, -0.15) is 0 Å². The molecule has 0 aliphatic rings. The second-order valence-corrected chi connectivity index (χ2v) is 3.69. The van der Waals surface area contributed by atoms with E-state index in [0.29, 0.717) is 12.8 Å². The number of aliphatic hydroxyl groups excluding tert-OH is 5. The Kier molecular flexibility index (Phi) is 11.8. The summed E-state index contributed by atoms with van der Waals surface area (Å²) in [5, 5.41) is 42.4. The monoisotopic (exact) mass is 224 g/mol. The second-order valence-electron chi connectivity index (χ2n) is 3.69. The Balaban J connectivity index is 0. The lowest BCUT2D eigenvalue weighted by molar-refractivity contribution is 0.00304. The van der Waals surface area contributed by atoms with Gasteiger partial charge in [0.25, 0.3) is 0 Å². The highest BCUT2D eigenvalue weighted by molar-refractivity contribution is 4.74. The van der Waals surface area contributed by atoms with Crippen molar-refractivity contribution in [2.75, 3.05) is 26.4 Å². The highest BCUT2D eigenvalue weighted by Crippen LogP contribution is 2.18. The van der Waals surface area contributed by atoms with Gasteiger partial charge in [0, 0.05) is 12.0 Å². The molecule has 0 aromatic carbocycles. The summed E-state index contributed by atoms with van der Waals surface area (Å²) in [7, 11) is 0. The summed E-state index contributed by atoms with van der Waals surface area (Å²) >= 11 is 0. The molecule has 0 aliphatic carbocycles. The third-order valence-corrected chi connectivity index (χ3v) is 2.30. The molecule has 0 radical (unpaired) electrons. The van der Waals surface area contributed by atoms with Gasteiger partial charge in [-0.3, -0.25) is 0 Å². The second kappa shape index (κ2) is 10.3. The minimum Gasteiger partial charge on any atom is -0.396 e. The quantitative estimate of drug-likeness (QED) is 0.403. The fourth-order valence-corrected chi connectivity index (χ4v) is 0.672. The lowest BCUT2D eigenvalue weighted by Crippen LogP contribution is -2.32. The molecule has 0 aromatic heterocycles. The van der Waals surface area contributed by atoms with E-state index in [-0.39, 0.29) is 32.5 Å². The maximum Gasteiger partial charge on any atom is 0.0533 e. The van der Waals surface area contributed by atoms with E-state index in [4.69, 9.17) is 25.5 Å². The topological polar surface area (TPSA) is 101 Å². The third-order valence-electron chi connectivity index (χ3n) is 2.30. The molecule has 0 fully saturated rings. The van der Waals surface area contributed by atoms with Crippen molar-refractivity contribution in [1.82, 2.24) is 0 Å². The Labute approximate surface area is 91.0 Å². The molecular weight excluding hydrogens is 200 g/mol. The van der Waals surface area contributed by atoms with E-state index < -0.39 is 5.41 Å². The Bertz CT molecular complexity index is 105. The van der Waals surface area contributed by atoms with Crippen LogP contribution < -0.4 is 0 Å². The molecule has 0 rings (SSSR count). The standard InChI is InChI=1S/C6H14O3.C4H10O2/c1-2-6(3-7,4-8)5-9;1-4(6)2-3-5/h7-9H,2-5H2,1H3;4-6H,2-3H2,1H3.